The molecule has 0 aliphatic heterocycles. The van der Waals surface area contributed by atoms with Gasteiger partial charge in [-0.2, -0.15) is 5.10 Å². The van der Waals surface area contributed by atoms with Crippen molar-refractivity contribution in [2.75, 3.05) is 0 Å². The van der Waals surface area contributed by atoms with Crippen LogP contribution < -0.4 is 11.2 Å². The second-order valence-corrected chi connectivity index (χ2v) is 3.24. The van der Waals surface area contributed by atoms with Crippen LogP contribution in [0.1, 0.15) is 19.3 Å². The molecule has 0 amide bonds. The molecule has 0 aromatic rings. The molecule has 1 aliphatic rings. The highest BCUT2D eigenvalue weighted by Gasteiger charge is 2.05. The molecule has 0 unspecified atom stereocenters. The molecule has 3 nitrogen and oxygen atoms in total. The summed E-state index contributed by atoms with van der Waals surface area (Å²) >= 11 is 4.60. The Balaban J connectivity index is 2.25. The quantitative estimate of drug-likeness (QED) is 0.292. The number of thiocarbonyl (C=S) groups is 1. The van der Waals surface area contributed by atoms with Gasteiger partial charge in [0.1, 0.15) is 0 Å². The van der Waals surface area contributed by atoms with Crippen molar-refractivity contribution in [1.29, 1.82) is 0 Å². The van der Waals surface area contributed by atoms with Gasteiger partial charge in [-0.1, -0.05) is 12.2 Å². The first kappa shape index (κ1) is 9.19. The number of rotatable bonds is 2. The maximum atomic E-state index is 5.20. The van der Waals surface area contributed by atoms with Gasteiger partial charge in [0.05, 0.1) is 0 Å². The Hall–Kier alpha value is -0.900. The number of nitrogens with one attached hydrogen (secondary N) is 1. The van der Waals surface area contributed by atoms with Crippen LogP contribution in [0.3, 0.4) is 0 Å². The van der Waals surface area contributed by atoms with Crippen LogP contribution in [-0.4, -0.2) is 11.3 Å². The van der Waals surface area contributed by atoms with Crippen molar-refractivity contribution in [1.82, 2.24) is 5.43 Å². The first-order valence-corrected chi connectivity index (χ1v) is 4.43. The molecule has 1 atom stereocenters. The average Bonchev–Trinajstić information content (AvgIpc) is 2.05. The highest BCUT2D eigenvalue weighted by molar-refractivity contribution is 7.80. The van der Waals surface area contributed by atoms with Crippen LogP contribution >= 0.6 is 12.2 Å². The number of nitrogens with two attached hydrogens (primary N) is 1. The number of hydrazone groups is 1. The Bertz CT molecular complexity index is 210. The van der Waals surface area contributed by atoms with Crippen molar-refractivity contribution >= 4 is 23.5 Å². The molecule has 1 aliphatic carbocycles. The molecule has 0 spiro atoms. The molecule has 66 valence electrons. The standard InChI is InChI=1S/C8H13N3S/c9-8(12)11-10-6-7-4-2-1-3-5-7/h1-2,6-7H,3-5H2,(H3,9,11,12)/b10-6-/t7-/m1/s1. The van der Waals surface area contributed by atoms with Crippen molar-refractivity contribution in [3.8, 4) is 0 Å². The lowest BCUT2D eigenvalue weighted by Gasteiger charge is -2.11. The van der Waals surface area contributed by atoms with Crippen molar-refractivity contribution in [2.24, 2.45) is 16.8 Å². The summed E-state index contributed by atoms with van der Waals surface area (Å²) in [4.78, 5) is 0. The minimum Gasteiger partial charge on any atom is -0.375 e. The number of allylic oxidation sites excluding steroid dienone is 2. The van der Waals surface area contributed by atoms with E-state index in [0.29, 0.717) is 5.92 Å². The molecule has 0 aromatic carbocycles. The Morgan fingerprint density at radius 3 is 3.08 bits per heavy atom. The zero-order chi connectivity index (χ0) is 8.81. The number of hydrogen-bond acceptors (Lipinski definition) is 2. The molecule has 0 radical (unpaired) electrons. The van der Waals surface area contributed by atoms with E-state index in [9.17, 15) is 0 Å². The van der Waals surface area contributed by atoms with E-state index in [4.69, 9.17) is 5.73 Å². The van der Waals surface area contributed by atoms with E-state index in [0.717, 1.165) is 12.8 Å². The number of hydrogen-bond donors (Lipinski definition) is 2. The van der Waals surface area contributed by atoms with E-state index in [1.54, 1.807) is 0 Å². The molecular formula is C8H13N3S. The molecule has 3 N–H and O–H groups in total. The highest BCUT2D eigenvalue weighted by atomic mass is 32.1. The minimum absolute atomic E-state index is 0.220. The Labute approximate surface area is 77.7 Å². The van der Waals surface area contributed by atoms with Crippen LogP contribution in [0.25, 0.3) is 0 Å². The van der Waals surface area contributed by atoms with Crippen molar-refractivity contribution in [3.05, 3.63) is 12.2 Å². The van der Waals surface area contributed by atoms with Gasteiger partial charge in [0.25, 0.3) is 0 Å². The van der Waals surface area contributed by atoms with Gasteiger partial charge in [-0.3, -0.25) is 5.43 Å². The van der Waals surface area contributed by atoms with Gasteiger partial charge in [0.2, 0.25) is 0 Å². The molecule has 0 aromatic heterocycles. The third kappa shape index (κ3) is 3.48. The van der Waals surface area contributed by atoms with Gasteiger partial charge < -0.3 is 5.73 Å². The summed E-state index contributed by atoms with van der Waals surface area (Å²) in [5, 5.41) is 4.14. The molecule has 4 heteroatoms. The van der Waals surface area contributed by atoms with E-state index >= 15 is 0 Å². The fraction of sp³-hybridized carbons (Fsp3) is 0.500. The maximum absolute atomic E-state index is 5.20. The van der Waals surface area contributed by atoms with Gasteiger partial charge in [-0.25, -0.2) is 0 Å². The first-order chi connectivity index (χ1) is 5.79. The minimum atomic E-state index is 0.220. The van der Waals surface area contributed by atoms with Crippen LogP contribution in [0.2, 0.25) is 0 Å². The number of nitrogens with zero attached hydrogens (tertiary/aromatic N) is 1. The molecule has 1 rings (SSSR count). The zero-order valence-electron chi connectivity index (χ0n) is 6.86. The third-order valence-corrected chi connectivity index (χ3v) is 1.86. The monoisotopic (exact) mass is 183 g/mol. The van der Waals surface area contributed by atoms with E-state index in [2.05, 4.69) is 34.9 Å². The molecule has 0 saturated carbocycles. The summed E-state index contributed by atoms with van der Waals surface area (Å²) < 4.78 is 0. The predicted octanol–water partition coefficient (Wildman–Crippen LogP) is 1.16. The summed E-state index contributed by atoms with van der Waals surface area (Å²) in [6, 6.07) is 0. The fourth-order valence-corrected chi connectivity index (χ4v) is 1.21. The largest absolute Gasteiger partial charge is 0.375 e. The SMILES string of the molecule is NC(=S)N/N=C\[C@@H]1CC=CCC1. The van der Waals surface area contributed by atoms with Gasteiger partial charge in [-0.15, -0.1) is 0 Å². The third-order valence-electron chi connectivity index (χ3n) is 1.77. The summed E-state index contributed by atoms with van der Waals surface area (Å²) in [6.45, 7) is 0. The van der Waals surface area contributed by atoms with Gasteiger partial charge in [0, 0.05) is 6.21 Å². The van der Waals surface area contributed by atoms with Crippen LogP contribution in [0.15, 0.2) is 17.3 Å². The van der Waals surface area contributed by atoms with E-state index in [1.807, 2.05) is 6.21 Å². The van der Waals surface area contributed by atoms with Crippen molar-refractivity contribution in [2.45, 2.75) is 19.3 Å². The fourth-order valence-electron chi connectivity index (χ4n) is 1.16. The van der Waals surface area contributed by atoms with Gasteiger partial charge >= 0.3 is 0 Å². The maximum Gasteiger partial charge on any atom is 0.184 e. The van der Waals surface area contributed by atoms with Crippen molar-refractivity contribution in [3.63, 3.8) is 0 Å². The zero-order valence-corrected chi connectivity index (χ0v) is 7.68. The van der Waals surface area contributed by atoms with Crippen LogP contribution in [0.5, 0.6) is 0 Å². The van der Waals surface area contributed by atoms with Gasteiger partial charge in [0.15, 0.2) is 5.11 Å². The second kappa shape index (κ2) is 4.87. The van der Waals surface area contributed by atoms with E-state index in [-0.39, 0.29) is 5.11 Å². The lowest BCUT2D eigenvalue weighted by atomic mass is 9.96. The second-order valence-electron chi connectivity index (χ2n) is 2.80. The summed E-state index contributed by atoms with van der Waals surface area (Å²) in [6.07, 6.45) is 9.64. The van der Waals surface area contributed by atoms with E-state index in [1.165, 1.54) is 6.42 Å². The summed E-state index contributed by atoms with van der Waals surface area (Å²) in [5.41, 5.74) is 7.75. The topological polar surface area (TPSA) is 50.4 Å². The summed E-state index contributed by atoms with van der Waals surface area (Å²) in [5.74, 6) is 0.539. The molecule has 0 heterocycles. The van der Waals surface area contributed by atoms with Crippen molar-refractivity contribution < 1.29 is 0 Å². The first-order valence-electron chi connectivity index (χ1n) is 4.02. The Morgan fingerprint density at radius 2 is 2.50 bits per heavy atom. The molecule has 12 heavy (non-hydrogen) atoms. The Morgan fingerprint density at radius 1 is 1.67 bits per heavy atom. The highest BCUT2D eigenvalue weighted by Crippen LogP contribution is 2.15. The average molecular weight is 183 g/mol. The van der Waals surface area contributed by atoms with Gasteiger partial charge in [-0.05, 0) is 37.4 Å². The lowest BCUT2D eigenvalue weighted by molar-refractivity contribution is 0.624. The van der Waals surface area contributed by atoms with E-state index < -0.39 is 0 Å². The predicted molar refractivity (Wildman–Crippen MR) is 54.9 cm³/mol. The summed E-state index contributed by atoms with van der Waals surface area (Å²) in [7, 11) is 0. The molecule has 0 fully saturated rings. The molecule has 0 saturated heterocycles. The molecule has 0 bridgehead atoms. The Kier molecular flexibility index (Phi) is 3.73. The van der Waals surface area contributed by atoms with Crippen LogP contribution in [-0.2, 0) is 0 Å². The lowest BCUT2D eigenvalue weighted by Crippen LogP contribution is -2.24. The van der Waals surface area contributed by atoms with Crippen LogP contribution in [0, 0.1) is 5.92 Å². The normalized spacial score (nSPS) is 22.8. The smallest absolute Gasteiger partial charge is 0.184 e. The molecular weight excluding hydrogens is 170 g/mol. The van der Waals surface area contributed by atoms with Crippen LogP contribution in [0.4, 0.5) is 0 Å².